The average Bonchev–Trinajstić information content (AvgIpc) is 2.41. The maximum absolute atomic E-state index is 12.3. The lowest BCUT2D eigenvalue weighted by atomic mass is 9.74. The van der Waals surface area contributed by atoms with Crippen LogP contribution in [0.3, 0.4) is 0 Å². The van der Waals surface area contributed by atoms with E-state index < -0.39 is 10.0 Å². The van der Waals surface area contributed by atoms with Crippen LogP contribution in [0.25, 0.3) is 0 Å². The SMILES string of the molecule is CC1(C)CCCCC1NS(=O)(=O)c1cnc(NN)nc1. The number of hydrogen-bond donors (Lipinski definition) is 3. The lowest BCUT2D eigenvalue weighted by molar-refractivity contribution is 0.188. The number of rotatable bonds is 4. The number of nitrogens with one attached hydrogen (secondary N) is 2. The fraction of sp³-hybridized carbons (Fsp3) is 0.667. The molecule has 1 aromatic heterocycles. The number of aromatic nitrogens is 2. The largest absolute Gasteiger partial charge is 0.292 e. The van der Waals surface area contributed by atoms with Gasteiger partial charge in [0.05, 0.1) is 12.4 Å². The highest BCUT2D eigenvalue weighted by molar-refractivity contribution is 7.89. The molecular weight excluding hydrogens is 278 g/mol. The molecule has 20 heavy (non-hydrogen) atoms. The highest BCUT2D eigenvalue weighted by Gasteiger charge is 2.35. The Kier molecular flexibility index (Phi) is 4.26. The van der Waals surface area contributed by atoms with E-state index in [4.69, 9.17) is 5.84 Å². The Bertz CT molecular complexity index is 556. The van der Waals surface area contributed by atoms with Crippen LogP contribution in [0, 0.1) is 5.41 Å². The van der Waals surface area contributed by atoms with Gasteiger partial charge in [-0.1, -0.05) is 26.7 Å². The second-order valence-electron chi connectivity index (χ2n) is 5.79. The summed E-state index contributed by atoms with van der Waals surface area (Å²) < 4.78 is 27.5. The van der Waals surface area contributed by atoms with Crippen LogP contribution >= 0.6 is 0 Å². The highest BCUT2D eigenvalue weighted by Crippen LogP contribution is 2.36. The molecule has 8 heteroatoms. The Morgan fingerprint density at radius 1 is 1.30 bits per heavy atom. The zero-order chi connectivity index (χ0) is 14.8. The maximum atomic E-state index is 12.3. The van der Waals surface area contributed by atoms with Crippen molar-refractivity contribution in [2.45, 2.75) is 50.5 Å². The molecule has 0 amide bonds. The number of nitrogen functional groups attached to an aromatic ring is 1. The number of nitrogens with two attached hydrogens (primary N) is 1. The van der Waals surface area contributed by atoms with Crippen molar-refractivity contribution in [2.75, 3.05) is 5.43 Å². The van der Waals surface area contributed by atoms with Crippen LogP contribution in [-0.2, 0) is 10.0 Å². The van der Waals surface area contributed by atoms with Gasteiger partial charge < -0.3 is 0 Å². The summed E-state index contributed by atoms with van der Waals surface area (Å²) in [4.78, 5) is 7.71. The first-order chi connectivity index (χ1) is 9.35. The van der Waals surface area contributed by atoms with Crippen molar-refractivity contribution in [1.29, 1.82) is 0 Å². The fourth-order valence-electron chi connectivity index (χ4n) is 2.50. The fourth-order valence-corrected chi connectivity index (χ4v) is 3.83. The number of sulfonamides is 1. The van der Waals surface area contributed by atoms with Gasteiger partial charge >= 0.3 is 0 Å². The number of anilines is 1. The van der Waals surface area contributed by atoms with E-state index in [0.29, 0.717) is 0 Å². The first-order valence-corrected chi connectivity index (χ1v) is 8.14. The minimum Gasteiger partial charge on any atom is -0.292 e. The van der Waals surface area contributed by atoms with E-state index in [1.807, 2.05) is 0 Å². The van der Waals surface area contributed by atoms with Gasteiger partial charge in [0, 0.05) is 6.04 Å². The molecule has 0 radical (unpaired) electrons. The molecule has 2 rings (SSSR count). The van der Waals surface area contributed by atoms with E-state index in [1.54, 1.807) is 0 Å². The molecule has 1 heterocycles. The van der Waals surface area contributed by atoms with E-state index in [0.717, 1.165) is 25.7 Å². The van der Waals surface area contributed by atoms with Crippen molar-refractivity contribution < 1.29 is 8.42 Å². The molecule has 1 fully saturated rings. The molecule has 1 atom stereocenters. The van der Waals surface area contributed by atoms with E-state index in [-0.39, 0.29) is 22.3 Å². The Hall–Kier alpha value is -1.25. The van der Waals surface area contributed by atoms with Crippen molar-refractivity contribution >= 4 is 16.0 Å². The summed E-state index contributed by atoms with van der Waals surface area (Å²) in [6.07, 6.45) is 6.57. The molecule has 112 valence electrons. The van der Waals surface area contributed by atoms with Gasteiger partial charge in [-0.3, -0.25) is 5.43 Å². The van der Waals surface area contributed by atoms with Crippen LogP contribution in [0.4, 0.5) is 5.95 Å². The van der Waals surface area contributed by atoms with Crippen molar-refractivity contribution in [1.82, 2.24) is 14.7 Å². The Labute approximate surface area is 119 Å². The molecule has 0 aliphatic heterocycles. The van der Waals surface area contributed by atoms with E-state index >= 15 is 0 Å². The van der Waals surface area contributed by atoms with Crippen LogP contribution in [-0.4, -0.2) is 24.4 Å². The van der Waals surface area contributed by atoms with Crippen LogP contribution < -0.4 is 16.0 Å². The minimum absolute atomic E-state index is 0.0368. The van der Waals surface area contributed by atoms with Crippen LogP contribution in [0.15, 0.2) is 17.3 Å². The normalized spacial score (nSPS) is 22.4. The van der Waals surface area contributed by atoms with Crippen molar-refractivity contribution in [3.8, 4) is 0 Å². The molecule has 0 spiro atoms. The summed E-state index contributed by atoms with van der Waals surface area (Å²) in [7, 11) is -3.60. The molecule has 0 saturated heterocycles. The van der Waals surface area contributed by atoms with Gasteiger partial charge in [-0.05, 0) is 18.3 Å². The molecular formula is C12H21N5O2S. The second kappa shape index (κ2) is 5.63. The molecule has 1 unspecified atom stereocenters. The monoisotopic (exact) mass is 299 g/mol. The Balaban J connectivity index is 2.17. The molecule has 0 aromatic carbocycles. The van der Waals surface area contributed by atoms with Gasteiger partial charge in [-0.25, -0.2) is 29.0 Å². The molecule has 1 aliphatic rings. The molecule has 1 aliphatic carbocycles. The molecule has 0 bridgehead atoms. The summed E-state index contributed by atoms with van der Waals surface area (Å²) >= 11 is 0. The first kappa shape index (κ1) is 15.1. The predicted octanol–water partition coefficient (Wildman–Crippen LogP) is 1.01. The van der Waals surface area contributed by atoms with E-state index in [9.17, 15) is 8.42 Å². The van der Waals surface area contributed by atoms with Gasteiger partial charge in [0.2, 0.25) is 16.0 Å². The lowest BCUT2D eigenvalue weighted by Crippen LogP contribution is -2.46. The smallest absolute Gasteiger partial charge is 0.243 e. The first-order valence-electron chi connectivity index (χ1n) is 6.66. The lowest BCUT2D eigenvalue weighted by Gasteiger charge is -2.38. The zero-order valence-electron chi connectivity index (χ0n) is 11.8. The zero-order valence-corrected chi connectivity index (χ0v) is 12.6. The predicted molar refractivity (Wildman–Crippen MR) is 76.2 cm³/mol. The summed E-state index contributed by atoms with van der Waals surface area (Å²) in [6, 6.07) is -0.0615. The highest BCUT2D eigenvalue weighted by atomic mass is 32.2. The van der Waals surface area contributed by atoms with Gasteiger partial charge in [0.15, 0.2) is 0 Å². The third-order valence-electron chi connectivity index (χ3n) is 3.87. The van der Waals surface area contributed by atoms with Crippen molar-refractivity contribution in [3.05, 3.63) is 12.4 Å². The summed E-state index contributed by atoms with van der Waals surface area (Å²) in [5.74, 6) is 5.34. The van der Waals surface area contributed by atoms with Crippen molar-refractivity contribution in [2.24, 2.45) is 11.3 Å². The number of nitrogens with zero attached hydrogens (tertiary/aromatic N) is 2. The third kappa shape index (κ3) is 3.25. The van der Waals surface area contributed by atoms with Gasteiger partial charge in [-0.2, -0.15) is 0 Å². The molecule has 1 aromatic rings. The van der Waals surface area contributed by atoms with Gasteiger partial charge in [0.1, 0.15) is 4.90 Å². The standard InChI is InChI=1S/C12H21N5O2S/c1-12(2)6-4-3-5-10(12)17-20(18,19)9-7-14-11(16-13)15-8-9/h7-8,10,17H,3-6,13H2,1-2H3,(H,14,15,16). The quantitative estimate of drug-likeness (QED) is 0.565. The number of hydrazine groups is 1. The van der Waals surface area contributed by atoms with Crippen LogP contribution in [0.1, 0.15) is 39.5 Å². The summed E-state index contributed by atoms with van der Waals surface area (Å²) in [6.45, 7) is 4.19. The van der Waals surface area contributed by atoms with Crippen LogP contribution in [0.2, 0.25) is 0 Å². The minimum atomic E-state index is -3.60. The molecule has 4 N–H and O–H groups in total. The number of hydrogen-bond acceptors (Lipinski definition) is 6. The summed E-state index contributed by atoms with van der Waals surface area (Å²) in [5.41, 5.74) is 2.23. The Morgan fingerprint density at radius 3 is 2.50 bits per heavy atom. The van der Waals surface area contributed by atoms with Gasteiger partial charge in [-0.15, -0.1) is 0 Å². The topological polar surface area (TPSA) is 110 Å². The second-order valence-corrected chi connectivity index (χ2v) is 7.51. The van der Waals surface area contributed by atoms with Crippen molar-refractivity contribution in [3.63, 3.8) is 0 Å². The average molecular weight is 299 g/mol. The van der Waals surface area contributed by atoms with Crippen LogP contribution in [0.5, 0.6) is 0 Å². The summed E-state index contributed by atoms with van der Waals surface area (Å²) in [5, 5.41) is 0. The van der Waals surface area contributed by atoms with E-state index in [1.165, 1.54) is 12.4 Å². The molecule has 1 saturated carbocycles. The van der Waals surface area contributed by atoms with Gasteiger partial charge in [0.25, 0.3) is 0 Å². The molecule has 7 nitrogen and oxygen atoms in total. The van der Waals surface area contributed by atoms with E-state index in [2.05, 4.69) is 34.0 Å². The maximum Gasteiger partial charge on any atom is 0.243 e. The third-order valence-corrected chi connectivity index (χ3v) is 5.30. The Morgan fingerprint density at radius 2 is 1.95 bits per heavy atom.